The van der Waals surface area contributed by atoms with E-state index in [-0.39, 0.29) is 0 Å². The number of pyridine rings is 1. The Labute approximate surface area is 121 Å². The molecule has 104 valence electrons. The Morgan fingerprint density at radius 1 is 1.15 bits per heavy atom. The third kappa shape index (κ3) is 2.91. The molecule has 1 saturated carbocycles. The fourth-order valence-electron chi connectivity index (χ4n) is 3.05. The summed E-state index contributed by atoms with van der Waals surface area (Å²) in [5.74, 6) is 0.733. The number of rotatable bonds is 4. The molecule has 2 heteroatoms. The molecule has 0 amide bonds. The number of hydrogen-bond donors (Lipinski definition) is 1. The van der Waals surface area contributed by atoms with Gasteiger partial charge in [0, 0.05) is 24.5 Å². The highest BCUT2D eigenvalue weighted by atomic mass is 15.0. The lowest BCUT2D eigenvalue weighted by molar-refractivity contribution is 0.271. The zero-order chi connectivity index (χ0) is 13.9. The topological polar surface area (TPSA) is 24.9 Å². The molecule has 1 aliphatic rings. The highest BCUT2D eigenvalue weighted by Gasteiger charge is 2.31. The second-order valence-corrected chi connectivity index (χ2v) is 5.95. The van der Waals surface area contributed by atoms with Gasteiger partial charge in [0.2, 0.25) is 0 Å². The third-order valence-electron chi connectivity index (χ3n) is 4.34. The Balaban J connectivity index is 1.54. The van der Waals surface area contributed by atoms with Gasteiger partial charge in [-0.05, 0) is 55.9 Å². The lowest BCUT2D eigenvalue weighted by atomic mass is 9.75. The summed E-state index contributed by atoms with van der Waals surface area (Å²) in [4.78, 5) is 4.07. The largest absolute Gasteiger partial charge is 0.307 e. The first-order chi connectivity index (χ1) is 9.72. The summed E-state index contributed by atoms with van der Waals surface area (Å²) < 4.78 is 0. The number of aryl methyl sites for hydroxylation is 1. The van der Waals surface area contributed by atoms with Gasteiger partial charge in [0.15, 0.2) is 0 Å². The van der Waals surface area contributed by atoms with Crippen LogP contribution in [-0.4, -0.2) is 11.0 Å². The highest BCUT2D eigenvalue weighted by Crippen LogP contribution is 2.38. The maximum absolute atomic E-state index is 4.07. The van der Waals surface area contributed by atoms with E-state index in [2.05, 4.69) is 60.5 Å². The molecule has 1 aromatic carbocycles. The van der Waals surface area contributed by atoms with Crippen molar-refractivity contribution in [3.05, 3.63) is 65.5 Å². The average Bonchev–Trinajstić information content (AvgIpc) is 2.43. The van der Waals surface area contributed by atoms with E-state index in [1.54, 1.807) is 0 Å². The second-order valence-electron chi connectivity index (χ2n) is 5.95. The third-order valence-corrected chi connectivity index (χ3v) is 4.34. The molecular weight excluding hydrogens is 244 g/mol. The van der Waals surface area contributed by atoms with Crippen molar-refractivity contribution in [3.63, 3.8) is 0 Å². The van der Waals surface area contributed by atoms with Crippen LogP contribution in [0.15, 0.2) is 48.8 Å². The van der Waals surface area contributed by atoms with E-state index in [9.17, 15) is 0 Å². The minimum absolute atomic E-state index is 0.404. The number of aromatic nitrogens is 1. The molecule has 1 atom stereocenters. The Morgan fingerprint density at radius 3 is 2.60 bits per heavy atom. The van der Waals surface area contributed by atoms with Crippen LogP contribution < -0.4 is 5.32 Å². The van der Waals surface area contributed by atoms with Gasteiger partial charge in [-0.15, -0.1) is 0 Å². The summed E-state index contributed by atoms with van der Waals surface area (Å²) in [6, 6.07) is 14.2. The molecule has 1 N–H and O–H groups in total. The predicted octanol–water partition coefficient (Wildman–Crippen LogP) is 3.99. The average molecular weight is 266 g/mol. The zero-order valence-electron chi connectivity index (χ0n) is 12.2. The highest BCUT2D eigenvalue weighted by molar-refractivity contribution is 5.28. The van der Waals surface area contributed by atoms with E-state index < -0.39 is 0 Å². The lowest BCUT2D eigenvalue weighted by Gasteiger charge is -2.38. The molecule has 3 rings (SSSR count). The molecule has 0 radical (unpaired) electrons. The van der Waals surface area contributed by atoms with E-state index in [4.69, 9.17) is 0 Å². The SMILES string of the molecule is Cc1cccc(C2CC(N[C@H](C)c3ccncc3)C2)c1. The summed E-state index contributed by atoms with van der Waals surface area (Å²) in [7, 11) is 0. The number of hydrogen-bond acceptors (Lipinski definition) is 2. The second kappa shape index (κ2) is 5.76. The normalized spacial score (nSPS) is 23.1. The van der Waals surface area contributed by atoms with Crippen LogP contribution >= 0.6 is 0 Å². The van der Waals surface area contributed by atoms with Crippen LogP contribution in [0, 0.1) is 6.92 Å². The van der Waals surface area contributed by atoms with Crippen LogP contribution in [0.1, 0.15) is 48.4 Å². The number of nitrogens with one attached hydrogen (secondary N) is 1. The minimum Gasteiger partial charge on any atom is -0.307 e. The van der Waals surface area contributed by atoms with Crippen LogP contribution in [0.3, 0.4) is 0 Å². The van der Waals surface area contributed by atoms with E-state index in [1.165, 1.54) is 29.5 Å². The molecule has 2 aromatic rings. The van der Waals surface area contributed by atoms with E-state index >= 15 is 0 Å². The molecule has 2 nitrogen and oxygen atoms in total. The molecule has 0 unspecified atom stereocenters. The first kappa shape index (κ1) is 13.3. The molecule has 20 heavy (non-hydrogen) atoms. The Morgan fingerprint density at radius 2 is 1.90 bits per heavy atom. The smallest absolute Gasteiger partial charge is 0.0295 e. The fourth-order valence-corrected chi connectivity index (χ4v) is 3.05. The van der Waals surface area contributed by atoms with Crippen molar-refractivity contribution in [2.45, 2.75) is 44.7 Å². The van der Waals surface area contributed by atoms with Crippen molar-refractivity contribution in [3.8, 4) is 0 Å². The molecule has 0 saturated heterocycles. The van der Waals surface area contributed by atoms with Gasteiger partial charge < -0.3 is 5.32 Å². The van der Waals surface area contributed by atoms with Crippen LogP contribution in [0.2, 0.25) is 0 Å². The molecular formula is C18H22N2. The molecule has 0 spiro atoms. The summed E-state index contributed by atoms with van der Waals surface area (Å²) in [6.45, 7) is 4.40. The number of benzene rings is 1. The Bertz CT molecular complexity index is 559. The fraction of sp³-hybridized carbons (Fsp3) is 0.389. The van der Waals surface area contributed by atoms with Gasteiger partial charge in [-0.25, -0.2) is 0 Å². The summed E-state index contributed by atoms with van der Waals surface area (Å²) in [6.07, 6.45) is 6.23. The summed E-state index contributed by atoms with van der Waals surface area (Å²) in [5, 5.41) is 3.72. The van der Waals surface area contributed by atoms with Gasteiger partial charge in [0.1, 0.15) is 0 Å². The van der Waals surface area contributed by atoms with E-state index in [0.717, 1.165) is 5.92 Å². The standard InChI is InChI=1S/C18H22N2/c1-13-4-3-5-16(10-13)17-11-18(12-17)20-14(2)15-6-8-19-9-7-15/h3-10,14,17-18,20H,11-12H2,1-2H3/t14-,17?,18?/m1/s1. The van der Waals surface area contributed by atoms with Crippen LogP contribution in [0.25, 0.3) is 0 Å². The van der Waals surface area contributed by atoms with Gasteiger partial charge in [-0.2, -0.15) is 0 Å². The molecule has 1 aromatic heterocycles. The summed E-state index contributed by atoms with van der Waals surface area (Å²) in [5.41, 5.74) is 4.18. The molecule has 0 bridgehead atoms. The van der Waals surface area contributed by atoms with Gasteiger partial charge in [-0.1, -0.05) is 29.8 Å². The first-order valence-electron chi connectivity index (χ1n) is 7.45. The minimum atomic E-state index is 0.404. The van der Waals surface area contributed by atoms with Crippen molar-refractivity contribution < 1.29 is 0 Å². The molecule has 0 aliphatic heterocycles. The maximum Gasteiger partial charge on any atom is 0.0295 e. The summed E-state index contributed by atoms with van der Waals surface area (Å²) >= 11 is 0. The van der Waals surface area contributed by atoms with Gasteiger partial charge in [-0.3, -0.25) is 4.98 Å². The van der Waals surface area contributed by atoms with Crippen LogP contribution in [0.4, 0.5) is 0 Å². The first-order valence-corrected chi connectivity index (χ1v) is 7.45. The van der Waals surface area contributed by atoms with Crippen molar-refractivity contribution >= 4 is 0 Å². The van der Waals surface area contributed by atoms with Crippen molar-refractivity contribution in [1.82, 2.24) is 10.3 Å². The van der Waals surface area contributed by atoms with Gasteiger partial charge >= 0.3 is 0 Å². The Kier molecular flexibility index (Phi) is 3.83. The van der Waals surface area contributed by atoms with E-state index in [1.807, 2.05) is 12.4 Å². The monoisotopic (exact) mass is 266 g/mol. The zero-order valence-corrected chi connectivity index (χ0v) is 12.2. The van der Waals surface area contributed by atoms with Gasteiger partial charge in [0.25, 0.3) is 0 Å². The molecule has 1 fully saturated rings. The van der Waals surface area contributed by atoms with E-state index in [0.29, 0.717) is 12.1 Å². The van der Waals surface area contributed by atoms with Crippen molar-refractivity contribution in [2.24, 2.45) is 0 Å². The predicted molar refractivity (Wildman–Crippen MR) is 82.7 cm³/mol. The van der Waals surface area contributed by atoms with Crippen LogP contribution in [0.5, 0.6) is 0 Å². The molecule has 1 heterocycles. The van der Waals surface area contributed by atoms with Crippen molar-refractivity contribution in [2.75, 3.05) is 0 Å². The van der Waals surface area contributed by atoms with Gasteiger partial charge in [0.05, 0.1) is 0 Å². The Hall–Kier alpha value is -1.67. The maximum atomic E-state index is 4.07. The van der Waals surface area contributed by atoms with Crippen LogP contribution in [-0.2, 0) is 0 Å². The van der Waals surface area contributed by atoms with Crippen molar-refractivity contribution in [1.29, 1.82) is 0 Å². The lowest BCUT2D eigenvalue weighted by Crippen LogP contribution is -2.41. The quantitative estimate of drug-likeness (QED) is 0.905. The number of nitrogens with zero attached hydrogens (tertiary/aromatic N) is 1. The molecule has 1 aliphatic carbocycles.